The highest BCUT2D eigenvalue weighted by molar-refractivity contribution is 6.04. The van der Waals surface area contributed by atoms with E-state index in [9.17, 15) is 9.18 Å². The van der Waals surface area contributed by atoms with Crippen LogP contribution in [-0.2, 0) is 12.0 Å². The number of nitrogens with two attached hydrogens (primary N) is 1. The molecule has 1 aliphatic rings. The molecule has 9 nitrogen and oxygen atoms in total. The summed E-state index contributed by atoms with van der Waals surface area (Å²) < 4.78 is 16.0. The molecule has 0 saturated heterocycles. The molecule has 36 heavy (non-hydrogen) atoms. The molecule has 1 aromatic carbocycles. The van der Waals surface area contributed by atoms with E-state index >= 15 is 0 Å². The van der Waals surface area contributed by atoms with Gasteiger partial charge in [-0.3, -0.25) is 4.79 Å². The van der Waals surface area contributed by atoms with E-state index in [0.717, 1.165) is 0 Å². The number of hydrogen-bond donors (Lipinski definition) is 1. The minimum Gasteiger partial charge on any atom is -0.386 e. The van der Waals surface area contributed by atoms with Crippen LogP contribution in [0.5, 0.6) is 0 Å². The zero-order chi connectivity index (χ0) is 25.8. The van der Waals surface area contributed by atoms with Gasteiger partial charge in [0.05, 0.1) is 17.3 Å². The lowest BCUT2D eigenvalue weighted by atomic mass is 9.84. The minimum absolute atomic E-state index is 0.0423. The Bertz CT molecular complexity index is 1540. The maximum absolute atomic E-state index is 14.4. The second kappa shape index (κ2) is 8.47. The molecule has 0 unspecified atom stereocenters. The van der Waals surface area contributed by atoms with Crippen LogP contribution in [0, 0.1) is 5.82 Å². The Hall–Kier alpha value is -4.21. The van der Waals surface area contributed by atoms with E-state index in [1.165, 1.54) is 6.07 Å². The van der Waals surface area contributed by atoms with Gasteiger partial charge in [0.2, 0.25) is 0 Å². The Morgan fingerprint density at radius 1 is 1.17 bits per heavy atom. The largest absolute Gasteiger partial charge is 0.386 e. The van der Waals surface area contributed by atoms with Crippen LogP contribution < -0.4 is 5.73 Å². The van der Waals surface area contributed by atoms with Gasteiger partial charge in [0, 0.05) is 30.4 Å². The third-order valence-corrected chi connectivity index (χ3v) is 6.68. The van der Waals surface area contributed by atoms with Crippen LogP contribution in [0.2, 0.25) is 0 Å². The summed E-state index contributed by atoms with van der Waals surface area (Å²) in [4.78, 5) is 33.5. The maximum atomic E-state index is 14.4. The normalized spacial score (nSPS) is 14.2. The molecule has 0 bridgehead atoms. The van der Waals surface area contributed by atoms with Crippen molar-refractivity contribution in [1.82, 2.24) is 29.6 Å². The van der Waals surface area contributed by atoms with Crippen LogP contribution in [-0.4, -0.2) is 54.5 Å². The van der Waals surface area contributed by atoms with Crippen molar-refractivity contribution in [2.24, 2.45) is 10.7 Å². The number of fused-ring (bicyclic) bond motifs is 2. The fourth-order valence-electron chi connectivity index (χ4n) is 4.22. The maximum Gasteiger partial charge on any atom is 0.272 e. The highest BCUT2D eigenvalue weighted by atomic mass is 19.1. The molecule has 0 atom stereocenters. The first-order chi connectivity index (χ1) is 17.1. The van der Waals surface area contributed by atoms with Crippen molar-refractivity contribution in [1.29, 1.82) is 0 Å². The number of carbonyl (C=O) groups is 1. The first-order valence-electron chi connectivity index (χ1n) is 11.7. The molecule has 4 aromatic rings. The topological polar surface area (TPSA) is 115 Å². The zero-order valence-electron chi connectivity index (χ0n) is 20.8. The summed E-state index contributed by atoms with van der Waals surface area (Å²) in [6.07, 6.45) is 1.65. The van der Waals surface area contributed by atoms with Gasteiger partial charge in [-0.15, -0.1) is 0 Å². The van der Waals surface area contributed by atoms with Gasteiger partial charge in [-0.05, 0) is 45.9 Å². The first kappa shape index (κ1) is 23.5. The molecule has 10 heteroatoms. The van der Waals surface area contributed by atoms with Crippen LogP contribution in [0.4, 0.5) is 10.2 Å². The second-order valence-corrected chi connectivity index (χ2v) is 9.70. The van der Waals surface area contributed by atoms with E-state index in [1.807, 2.05) is 33.8 Å². The van der Waals surface area contributed by atoms with Gasteiger partial charge < -0.3 is 10.6 Å². The van der Waals surface area contributed by atoms with Gasteiger partial charge in [0.1, 0.15) is 23.0 Å². The van der Waals surface area contributed by atoms with Crippen LogP contribution in [0.15, 0.2) is 47.6 Å². The number of hydrogen-bond acceptors (Lipinski definition) is 7. The molecule has 1 amide bonds. The molecule has 0 saturated carbocycles. The molecule has 1 aliphatic heterocycles. The highest BCUT2D eigenvalue weighted by Crippen LogP contribution is 2.41. The zero-order valence-corrected chi connectivity index (χ0v) is 20.8. The fraction of sp³-hybridized carbons (Fsp3) is 0.308. The molecule has 2 N–H and O–H groups in total. The molecule has 4 heterocycles. The lowest BCUT2D eigenvalue weighted by Crippen LogP contribution is -2.38. The lowest BCUT2D eigenvalue weighted by Gasteiger charge is -2.25. The molecule has 3 aromatic heterocycles. The fourth-order valence-corrected chi connectivity index (χ4v) is 4.22. The van der Waals surface area contributed by atoms with E-state index in [1.54, 1.807) is 47.1 Å². The van der Waals surface area contributed by atoms with Gasteiger partial charge >= 0.3 is 0 Å². The van der Waals surface area contributed by atoms with E-state index in [-0.39, 0.29) is 35.8 Å². The van der Waals surface area contributed by atoms with Crippen LogP contribution in [0.3, 0.4) is 0 Å². The second-order valence-electron chi connectivity index (χ2n) is 9.70. The molecule has 5 rings (SSSR count). The monoisotopic (exact) mass is 486 g/mol. The number of aromatic nitrogens is 5. The summed E-state index contributed by atoms with van der Waals surface area (Å²) >= 11 is 0. The molecular weight excluding hydrogens is 459 g/mol. The van der Waals surface area contributed by atoms with Gasteiger partial charge in [-0.25, -0.2) is 29.0 Å². The molecule has 184 valence electrons. The van der Waals surface area contributed by atoms with Crippen LogP contribution in [0.1, 0.15) is 49.3 Å². The average molecular weight is 487 g/mol. The third kappa shape index (κ3) is 3.69. The van der Waals surface area contributed by atoms with Crippen molar-refractivity contribution >= 4 is 28.6 Å². The lowest BCUT2D eigenvalue weighted by molar-refractivity contribution is 0.0747. The summed E-state index contributed by atoms with van der Waals surface area (Å²) in [5, 5.41) is 5.39. The Labute approximate surface area is 207 Å². The molecule has 0 radical (unpaired) electrons. The van der Waals surface area contributed by atoms with E-state index in [0.29, 0.717) is 39.5 Å². The number of aliphatic imine (C=N–C) groups is 1. The van der Waals surface area contributed by atoms with Gasteiger partial charge in [0.25, 0.3) is 5.91 Å². The molecule has 0 fully saturated rings. The number of amidine groups is 1. The number of rotatable bonds is 5. The first-order valence-corrected chi connectivity index (χ1v) is 11.7. The van der Waals surface area contributed by atoms with Crippen molar-refractivity contribution in [3.63, 3.8) is 0 Å². The summed E-state index contributed by atoms with van der Waals surface area (Å²) in [6.45, 7) is 7.83. The summed E-state index contributed by atoms with van der Waals surface area (Å²) in [5.41, 5.74) is 7.82. The van der Waals surface area contributed by atoms with E-state index < -0.39 is 5.41 Å². The van der Waals surface area contributed by atoms with Crippen molar-refractivity contribution in [2.45, 2.75) is 45.7 Å². The Morgan fingerprint density at radius 2 is 1.92 bits per heavy atom. The smallest absolute Gasteiger partial charge is 0.272 e. The number of carbonyl (C=O) groups excluding carboxylic acids is 1. The standard InChI is InChI=1S/C26H27FN8O/c1-14(2)34(5)24(36)20-18-21(32-25(28)26(18,3)4)31-22(30-20)19-16-10-8-12-29-23(16)35(33-19)13-15-9-6-7-11-17(15)27/h6-12,14H,13H2,1-5H3,(H2,28,30,31,32). The SMILES string of the molecule is CC(C)N(C)C(=O)c1nc(-c2nn(Cc3ccccc3F)c3ncccc23)nc2c1C(C)(C)C(N)=N2. The Kier molecular flexibility index (Phi) is 5.54. The quantitative estimate of drug-likeness (QED) is 0.458. The number of benzene rings is 1. The highest BCUT2D eigenvalue weighted by Gasteiger charge is 2.41. The van der Waals surface area contributed by atoms with Crippen LogP contribution >= 0.6 is 0 Å². The number of pyridine rings is 1. The van der Waals surface area contributed by atoms with Crippen molar-refractivity contribution in [3.8, 4) is 11.5 Å². The van der Waals surface area contributed by atoms with Crippen LogP contribution in [0.25, 0.3) is 22.6 Å². The Balaban J connectivity index is 1.71. The number of halogens is 1. The van der Waals surface area contributed by atoms with Crippen molar-refractivity contribution < 1.29 is 9.18 Å². The summed E-state index contributed by atoms with van der Waals surface area (Å²) in [5.74, 6) is 0.361. The van der Waals surface area contributed by atoms with Gasteiger partial charge in [-0.2, -0.15) is 5.10 Å². The molecule has 0 aliphatic carbocycles. The Morgan fingerprint density at radius 3 is 2.64 bits per heavy atom. The van der Waals surface area contributed by atoms with Crippen molar-refractivity contribution in [3.05, 3.63) is 65.2 Å². The van der Waals surface area contributed by atoms with Gasteiger partial charge in [0.15, 0.2) is 17.3 Å². The average Bonchev–Trinajstić information content (AvgIpc) is 3.33. The summed E-state index contributed by atoms with van der Waals surface area (Å²) in [7, 11) is 1.73. The minimum atomic E-state index is -0.704. The van der Waals surface area contributed by atoms with Gasteiger partial charge in [-0.1, -0.05) is 18.2 Å². The third-order valence-electron chi connectivity index (χ3n) is 6.68. The predicted molar refractivity (Wildman–Crippen MR) is 136 cm³/mol. The van der Waals surface area contributed by atoms with E-state index in [4.69, 9.17) is 15.8 Å². The number of nitrogens with zero attached hydrogens (tertiary/aromatic N) is 7. The summed E-state index contributed by atoms with van der Waals surface area (Å²) in [6, 6.07) is 10.1. The van der Waals surface area contributed by atoms with E-state index in [2.05, 4.69) is 15.0 Å². The van der Waals surface area contributed by atoms with Crippen molar-refractivity contribution in [2.75, 3.05) is 7.05 Å². The molecular formula is C26H27FN8O. The number of amides is 1. The molecule has 0 spiro atoms. The predicted octanol–water partition coefficient (Wildman–Crippen LogP) is 3.84.